The van der Waals surface area contributed by atoms with Gasteiger partial charge in [0, 0.05) is 6.54 Å². The molecule has 1 aromatic rings. The number of rotatable bonds is 3. The van der Waals surface area contributed by atoms with E-state index >= 15 is 0 Å². The molecule has 0 amide bonds. The van der Waals surface area contributed by atoms with E-state index in [4.69, 9.17) is 5.26 Å². The largest absolute Gasteiger partial charge is 0.383 e. The second kappa shape index (κ2) is 5.03. The summed E-state index contributed by atoms with van der Waals surface area (Å²) in [7, 11) is 0. The van der Waals surface area contributed by atoms with Crippen LogP contribution in [-0.4, -0.2) is 6.54 Å². The smallest absolute Gasteiger partial charge is 0.101 e. The van der Waals surface area contributed by atoms with Crippen LogP contribution in [0.5, 0.6) is 0 Å². The summed E-state index contributed by atoms with van der Waals surface area (Å²) in [4.78, 5) is 0. The minimum absolute atomic E-state index is 0.762. The monoisotopic (exact) mass is 214 g/mol. The van der Waals surface area contributed by atoms with Gasteiger partial charge in [-0.1, -0.05) is 25.0 Å². The number of nitriles is 1. The van der Waals surface area contributed by atoms with Crippen molar-refractivity contribution < 1.29 is 0 Å². The standard InChI is InChI=1S/C14H18N2/c1-11-5-4-8-13(9-15)14(11)16-10-12-6-2-3-7-12/h4-5,8,12,16H,2-3,6-7,10H2,1H3. The quantitative estimate of drug-likeness (QED) is 0.836. The maximum atomic E-state index is 9.04. The SMILES string of the molecule is Cc1cccc(C#N)c1NCC1CCCC1. The van der Waals surface area contributed by atoms with Crippen molar-refractivity contribution in [2.24, 2.45) is 5.92 Å². The molecular weight excluding hydrogens is 196 g/mol. The molecule has 2 rings (SSSR count). The molecule has 1 aromatic carbocycles. The van der Waals surface area contributed by atoms with Crippen molar-refractivity contribution in [2.45, 2.75) is 32.6 Å². The minimum atomic E-state index is 0.762. The molecule has 2 heteroatoms. The Kier molecular flexibility index (Phi) is 3.46. The van der Waals surface area contributed by atoms with Gasteiger partial charge in [0.05, 0.1) is 11.3 Å². The molecule has 0 aliphatic heterocycles. The zero-order valence-electron chi connectivity index (χ0n) is 9.79. The lowest BCUT2D eigenvalue weighted by Gasteiger charge is -2.14. The van der Waals surface area contributed by atoms with E-state index in [2.05, 4.69) is 24.4 Å². The Morgan fingerprint density at radius 1 is 1.38 bits per heavy atom. The first kappa shape index (κ1) is 11.0. The third-order valence-electron chi connectivity index (χ3n) is 3.44. The number of aryl methyl sites for hydroxylation is 1. The highest BCUT2D eigenvalue weighted by atomic mass is 14.9. The zero-order chi connectivity index (χ0) is 11.4. The van der Waals surface area contributed by atoms with E-state index in [-0.39, 0.29) is 0 Å². The van der Waals surface area contributed by atoms with Gasteiger partial charge in [-0.3, -0.25) is 0 Å². The van der Waals surface area contributed by atoms with E-state index in [9.17, 15) is 0 Å². The van der Waals surface area contributed by atoms with Crippen molar-refractivity contribution in [3.05, 3.63) is 29.3 Å². The predicted molar refractivity (Wildman–Crippen MR) is 66.3 cm³/mol. The molecule has 0 atom stereocenters. The summed E-state index contributed by atoms with van der Waals surface area (Å²) < 4.78 is 0. The first-order chi connectivity index (χ1) is 7.81. The average Bonchev–Trinajstić information content (AvgIpc) is 2.80. The predicted octanol–water partition coefficient (Wildman–Crippen LogP) is 3.47. The van der Waals surface area contributed by atoms with Gasteiger partial charge in [0.15, 0.2) is 0 Å². The van der Waals surface area contributed by atoms with Crippen molar-refractivity contribution in [1.82, 2.24) is 0 Å². The Bertz CT molecular complexity index is 398. The topological polar surface area (TPSA) is 35.8 Å². The van der Waals surface area contributed by atoms with E-state index in [1.54, 1.807) is 0 Å². The lowest BCUT2D eigenvalue weighted by atomic mass is 10.1. The highest BCUT2D eigenvalue weighted by Crippen LogP contribution is 2.26. The van der Waals surface area contributed by atoms with Crippen LogP contribution in [0.4, 0.5) is 5.69 Å². The molecule has 2 nitrogen and oxygen atoms in total. The summed E-state index contributed by atoms with van der Waals surface area (Å²) in [6, 6.07) is 8.12. The molecule has 0 saturated heterocycles. The van der Waals surface area contributed by atoms with Crippen LogP contribution in [0.15, 0.2) is 18.2 Å². The maximum Gasteiger partial charge on any atom is 0.101 e. The van der Waals surface area contributed by atoms with Gasteiger partial charge in [0.25, 0.3) is 0 Å². The Morgan fingerprint density at radius 3 is 2.81 bits per heavy atom. The number of nitrogens with one attached hydrogen (secondary N) is 1. The molecule has 0 heterocycles. The van der Waals surface area contributed by atoms with Gasteiger partial charge in [-0.25, -0.2) is 0 Å². The van der Waals surface area contributed by atoms with Crippen molar-refractivity contribution in [3.63, 3.8) is 0 Å². The fourth-order valence-electron chi connectivity index (χ4n) is 2.46. The molecule has 1 N–H and O–H groups in total. The number of hydrogen-bond donors (Lipinski definition) is 1. The van der Waals surface area contributed by atoms with Gasteiger partial charge < -0.3 is 5.32 Å². The maximum absolute atomic E-state index is 9.04. The summed E-state index contributed by atoms with van der Waals surface area (Å²) >= 11 is 0. The number of benzene rings is 1. The normalized spacial score (nSPS) is 16.0. The van der Waals surface area contributed by atoms with Crippen LogP contribution in [0.1, 0.15) is 36.8 Å². The summed E-state index contributed by atoms with van der Waals surface area (Å²) in [5.41, 5.74) is 2.95. The van der Waals surface area contributed by atoms with Crippen molar-refractivity contribution in [3.8, 4) is 6.07 Å². The van der Waals surface area contributed by atoms with E-state index in [0.717, 1.165) is 29.3 Å². The van der Waals surface area contributed by atoms with Crippen LogP contribution in [0.3, 0.4) is 0 Å². The van der Waals surface area contributed by atoms with Crippen molar-refractivity contribution >= 4 is 5.69 Å². The van der Waals surface area contributed by atoms with Gasteiger partial charge in [0.1, 0.15) is 6.07 Å². The third-order valence-corrected chi connectivity index (χ3v) is 3.44. The Labute approximate surface area is 97.3 Å². The molecule has 0 bridgehead atoms. The van der Waals surface area contributed by atoms with Crippen LogP contribution < -0.4 is 5.32 Å². The second-order valence-corrected chi connectivity index (χ2v) is 4.64. The third kappa shape index (κ3) is 2.36. The molecule has 1 saturated carbocycles. The number of nitrogens with zero attached hydrogens (tertiary/aromatic N) is 1. The Hall–Kier alpha value is -1.49. The Balaban J connectivity index is 2.05. The highest BCUT2D eigenvalue weighted by Gasteiger charge is 2.15. The van der Waals surface area contributed by atoms with Gasteiger partial charge in [-0.15, -0.1) is 0 Å². The molecule has 84 valence electrons. The van der Waals surface area contributed by atoms with E-state index in [1.165, 1.54) is 25.7 Å². The molecule has 1 fully saturated rings. The average molecular weight is 214 g/mol. The first-order valence-corrected chi connectivity index (χ1v) is 6.05. The fourth-order valence-corrected chi connectivity index (χ4v) is 2.46. The van der Waals surface area contributed by atoms with E-state index < -0.39 is 0 Å². The minimum Gasteiger partial charge on any atom is -0.383 e. The van der Waals surface area contributed by atoms with Crippen LogP contribution in [0.2, 0.25) is 0 Å². The molecule has 0 aromatic heterocycles. The lowest BCUT2D eigenvalue weighted by molar-refractivity contribution is 0.579. The number of hydrogen-bond acceptors (Lipinski definition) is 2. The fraction of sp³-hybridized carbons (Fsp3) is 0.500. The second-order valence-electron chi connectivity index (χ2n) is 4.64. The number of para-hydroxylation sites is 1. The summed E-state index contributed by atoms with van der Waals surface area (Å²) in [5.74, 6) is 0.797. The van der Waals surface area contributed by atoms with Crippen molar-refractivity contribution in [1.29, 1.82) is 5.26 Å². The lowest BCUT2D eigenvalue weighted by Crippen LogP contribution is -2.12. The number of anilines is 1. The highest BCUT2D eigenvalue weighted by molar-refractivity contribution is 5.62. The molecule has 1 aliphatic carbocycles. The molecule has 0 radical (unpaired) electrons. The molecular formula is C14H18N2. The van der Waals surface area contributed by atoms with Gasteiger partial charge in [-0.2, -0.15) is 5.26 Å². The van der Waals surface area contributed by atoms with E-state index in [1.807, 2.05) is 12.1 Å². The molecule has 0 spiro atoms. The van der Waals surface area contributed by atoms with Crippen LogP contribution in [-0.2, 0) is 0 Å². The molecule has 1 aliphatic rings. The van der Waals surface area contributed by atoms with Gasteiger partial charge in [0.2, 0.25) is 0 Å². The van der Waals surface area contributed by atoms with Crippen LogP contribution >= 0.6 is 0 Å². The first-order valence-electron chi connectivity index (χ1n) is 6.05. The van der Waals surface area contributed by atoms with Gasteiger partial charge in [-0.05, 0) is 37.3 Å². The Morgan fingerprint density at radius 2 is 2.12 bits per heavy atom. The van der Waals surface area contributed by atoms with Gasteiger partial charge >= 0.3 is 0 Å². The molecule has 0 unspecified atom stereocenters. The van der Waals surface area contributed by atoms with E-state index in [0.29, 0.717) is 0 Å². The summed E-state index contributed by atoms with van der Waals surface area (Å²) in [6.07, 6.45) is 5.40. The van der Waals surface area contributed by atoms with Crippen LogP contribution in [0.25, 0.3) is 0 Å². The molecule has 16 heavy (non-hydrogen) atoms. The van der Waals surface area contributed by atoms with Crippen LogP contribution in [0, 0.1) is 24.2 Å². The summed E-state index contributed by atoms with van der Waals surface area (Å²) in [5, 5.41) is 12.5. The summed E-state index contributed by atoms with van der Waals surface area (Å²) in [6.45, 7) is 3.07. The zero-order valence-corrected chi connectivity index (χ0v) is 9.79. The van der Waals surface area contributed by atoms with Crippen molar-refractivity contribution in [2.75, 3.05) is 11.9 Å².